The first-order chi connectivity index (χ1) is 10.7. The second-order valence-electron chi connectivity index (χ2n) is 5.23. The van der Waals surface area contributed by atoms with E-state index in [4.69, 9.17) is 4.74 Å². The lowest BCUT2D eigenvalue weighted by atomic mass is 10.0. The predicted octanol–water partition coefficient (Wildman–Crippen LogP) is 5.93. The second-order valence-corrected chi connectivity index (χ2v) is 6.08. The summed E-state index contributed by atoms with van der Waals surface area (Å²) >= 11 is 3.53. The summed E-state index contributed by atoms with van der Waals surface area (Å²) in [5.41, 5.74) is 3.46. The molecule has 3 aromatic carbocycles. The molecule has 0 bridgehead atoms. The van der Waals surface area contributed by atoms with Crippen molar-refractivity contribution in [3.63, 3.8) is 0 Å². The Morgan fingerprint density at radius 3 is 1.82 bits per heavy atom. The average Bonchev–Trinajstić information content (AvgIpc) is 2.57. The molecule has 0 aliphatic rings. The largest absolute Gasteiger partial charge is 0.481 e. The Hall–Kier alpha value is -2.06. The summed E-state index contributed by atoms with van der Waals surface area (Å²) in [5, 5.41) is 0. The number of aryl methyl sites for hydroxylation is 1. The summed E-state index contributed by atoms with van der Waals surface area (Å²) in [7, 11) is 0. The van der Waals surface area contributed by atoms with Crippen LogP contribution in [0.4, 0.5) is 0 Å². The maximum Gasteiger partial charge on any atom is 0.149 e. The molecular formula is C20H17BrO. The third kappa shape index (κ3) is 3.40. The molecule has 0 heterocycles. The highest BCUT2D eigenvalue weighted by Gasteiger charge is 2.15. The van der Waals surface area contributed by atoms with Crippen LogP contribution in [0.25, 0.3) is 0 Å². The maximum atomic E-state index is 6.30. The van der Waals surface area contributed by atoms with E-state index in [0.29, 0.717) is 0 Å². The molecule has 3 aromatic rings. The Kier molecular flexibility index (Phi) is 4.59. The van der Waals surface area contributed by atoms with Crippen molar-refractivity contribution in [1.29, 1.82) is 0 Å². The monoisotopic (exact) mass is 352 g/mol. The summed E-state index contributed by atoms with van der Waals surface area (Å²) in [5.74, 6) is 0.874. The Morgan fingerprint density at radius 1 is 0.773 bits per heavy atom. The first-order valence-electron chi connectivity index (χ1n) is 7.27. The number of rotatable bonds is 4. The van der Waals surface area contributed by atoms with Crippen molar-refractivity contribution in [2.24, 2.45) is 0 Å². The van der Waals surface area contributed by atoms with Gasteiger partial charge in [0.05, 0.1) is 0 Å². The van der Waals surface area contributed by atoms with Crippen molar-refractivity contribution >= 4 is 15.9 Å². The van der Waals surface area contributed by atoms with Crippen LogP contribution < -0.4 is 4.74 Å². The Balaban J connectivity index is 1.97. The predicted molar refractivity (Wildman–Crippen MR) is 94.2 cm³/mol. The molecular weight excluding hydrogens is 336 g/mol. The van der Waals surface area contributed by atoms with Crippen LogP contribution in [0.3, 0.4) is 0 Å². The maximum absolute atomic E-state index is 6.30. The Bertz CT molecular complexity index is 699. The molecule has 0 N–H and O–H groups in total. The zero-order valence-corrected chi connectivity index (χ0v) is 14.0. The number of hydrogen-bond acceptors (Lipinski definition) is 1. The van der Waals surface area contributed by atoms with Crippen molar-refractivity contribution in [2.45, 2.75) is 13.0 Å². The van der Waals surface area contributed by atoms with Gasteiger partial charge in [-0.05, 0) is 41.8 Å². The first kappa shape index (κ1) is 14.9. The summed E-state index contributed by atoms with van der Waals surface area (Å²) in [6.07, 6.45) is -0.108. The molecule has 3 rings (SSSR count). The fraction of sp³-hybridized carbons (Fsp3) is 0.100. The van der Waals surface area contributed by atoms with Gasteiger partial charge >= 0.3 is 0 Å². The van der Waals surface area contributed by atoms with Gasteiger partial charge in [0, 0.05) is 4.47 Å². The van der Waals surface area contributed by atoms with Gasteiger partial charge in [-0.2, -0.15) is 0 Å². The van der Waals surface area contributed by atoms with Gasteiger partial charge < -0.3 is 4.74 Å². The molecule has 0 saturated carbocycles. The van der Waals surface area contributed by atoms with E-state index in [0.717, 1.165) is 26.9 Å². The normalized spacial score (nSPS) is 10.7. The van der Waals surface area contributed by atoms with Crippen molar-refractivity contribution in [3.8, 4) is 5.75 Å². The van der Waals surface area contributed by atoms with E-state index in [9.17, 15) is 0 Å². The van der Waals surface area contributed by atoms with Crippen LogP contribution in [0.2, 0.25) is 0 Å². The van der Waals surface area contributed by atoms with Crippen LogP contribution in [-0.2, 0) is 0 Å². The van der Waals surface area contributed by atoms with Gasteiger partial charge in [0.1, 0.15) is 11.9 Å². The molecule has 0 fully saturated rings. The Labute approximate surface area is 139 Å². The quantitative estimate of drug-likeness (QED) is 0.565. The Morgan fingerprint density at radius 2 is 1.32 bits per heavy atom. The molecule has 0 aliphatic carbocycles. The second kappa shape index (κ2) is 6.80. The first-order valence-corrected chi connectivity index (χ1v) is 8.06. The third-order valence-corrected chi connectivity index (χ3v) is 4.48. The summed E-state index contributed by atoms with van der Waals surface area (Å²) in [4.78, 5) is 0. The molecule has 0 aromatic heterocycles. The van der Waals surface area contributed by atoms with E-state index in [1.165, 1.54) is 0 Å². The van der Waals surface area contributed by atoms with E-state index in [2.05, 4.69) is 53.2 Å². The van der Waals surface area contributed by atoms with Crippen LogP contribution in [0.1, 0.15) is 22.8 Å². The third-order valence-electron chi connectivity index (χ3n) is 3.59. The minimum absolute atomic E-state index is 0.108. The topological polar surface area (TPSA) is 9.23 Å². The van der Waals surface area contributed by atoms with Crippen molar-refractivity contribution < 1.29 is 4.74 Å². The van der Waals surface area contributed by atoms with Gasteiger partial charge in [-0.3, -0.25) is 0 Å². The molecule has 22 heavy (non-hydrogen) atoms. The van der Waals surface area contributed by atoms with E-state index in [1.807, 2.05) is 48.5 Å². The van der Waals surface area contributed by atoms with Crippen LogP contribution >= 0.6 is 15.9 Å². The van der Waals surface area contributed by atoms with Crippen molar-refractivity contribution in [3.05, 3.63) is 100 Å². The van der Waals surface area contributed by atoms with Crippen LogP contribution in [0.15, 0.2) is 83.3 Å². The van der Waals surface area contributed by atoms with E-state index in [1.54, 1.807) is 0 Å². The lowest BCUT2D eigenvalue weighted by Gasteiger charge is -2.20. The van der Waals surface area contributed by atoms with Crippen LogP contribution in [-0.4, -0.2) is 0 Å². The summed E-state index contributed by atoms with van der Waals surface area (Å²) in [6, 6.07) is 26.7. The molecule has 1 nitrogen and oxygen atoms in total. The van der Waals surface area contributed by atoms with Gasteiger partial charge in [0.25, 0.3) is 0 Å². The zero-order valence-electron chi connectivity index (χ0n) is 12.4. The number of halogens is 1. The summed E-state index contributed by atoms with van der Waals surface area (Å²) < 4.78 is 7.39. The average molecular weight is 353 g/mol. The van der Waals surface area contributed by atoms with Gasteiger partial charge in [0.2, 0.25) is 0 Å². The molecule has 2 heteroatoms. The molecule has 0 unspecified atom stereocenters. The lowest BCUT2D eigenvalue weighted by Crippen LogP contribution is -2.09. The van der Waals surface area contributed by atoms with Gasteiger partial charge in [-0.25, -0.2) is 0 Å². The highest BCUT2D eigenvalue weighted by atomic mass is 79.9. The number of benzene rings is 3. The van der Waals surface area contributed by atoms with Gasteiger partial charge in [-0.1, -0.05) is 76.6 Å². The number of hydrogen-bond donors (Lipinski definition) is 0. The summed E-state index contributed by atoms with van der Waals surface area (Å²) in [6.45, 7) is 2.07. The minimum Gasteiger partial charge on any atom is -0.481 e. The molecule has 0 radical (unpaired) electrons. The van der Waals surface area contributed by atoms with Gasteiger partial charge in [-0.15, -0.1) is 0 Å². The molecule has 0 spiro atoms. The SMILES string of the molecule is Cc1cc(OC(c2ccccc2)c2ccccc2)ccc1Br. The highest BCUT2D eigenvalue weighted by molar-refractivity contribution is 9.10. The van der Waals surface area contributed by atoms with E-state index < -0.39 is 0 Å². The fourth-order valence-corrected chi connectivity index (χ4v) is 2.66. The highest BCUT2D eigenvalue weighted by Crippen LogP contribution is 2.30. The fourth-order valence-electron chi connectivity index (χ4n) is 2.41. The molecule has 0 atom stereocenters. The van der Waals surface area contributed by atoms with Crippen molar-refractivity contribution in [2.75, 3.05) is 0 Å². The van der Waals surface area contributed by atoms with Crippen LogP contribution in [0, 0.1) is 6.92 Å². The molecule has 0 saturated heterocycles. The zero-order chi connectivity index (χ0) is 15.4. The van der Waals surface area contributed by atoms with Gasteiger partial charge in [0.15, 0.2) is 0 Å². The molecule has 0 aliphatic heterocycles. The standard InChI is InChI=1S/C20H17BrO/c1-15-14-18(12-13-19(15)21)22-20(16-8-4-2-5-9-16)17-10-6-3-7-11-17/h2-14,20H,1H3. The number of ether oxygens (including phenoxy) is 1. The minimum atomic E-state index is -0.108. The molecule has 110 valence electrons. The van der Waals surface area contributed by atoms with Crippen molar-refractivity contribution in [1.82, 2.24) is 0 Å². The smallest absolute Gasteiger partial charge is 0.149 e. The lowest BCUT2D eigenvalue weighted by molar-refractivity contribution is 0.247. The van der Waals surface area contributed by atoms with Crippen LogP contribution in [0.5, 0.6) is 5.75 Å². The van der Waals surface area contributed by atoms with E-state index in [-0.39, 0.29) is 6.10 Å². The molecule has 0 amide bonds. The van der Waals surface area contributed by atoms with E-state index >= 15 is 0 Å².